The van der Waals surface area contributed by atoms with Crippen LogP contribution in [0.3, 0.4) is 0 Å². The molecule has 6 nitrogen and oxygen atoms in total. The molecule has 0 saturated carbocycles. The van der Waals surface area contributed by atoms with Crippen LogP contribution in [0, 0.1) is 0 Å². The molecule has 0 saturated heterocycles. The number of carbonyl (C=O) groups excluding carboxylic acids is 1. The van der Waals surface area contributed by atoms with Crippen LogP contribution in [0.5, 0.6) is 5.75 Å². The van der Waals surface area contributed by atoms with Crippen LogP contribution in [0.25, 0.3) is 0 Å². The van der Waals surface area contributed by atoms with E-state index in [0.717, 1.165) is 5.56 Å². The molecular weight excluding hydrogens is 322 g/mol. The zero-order valence-electron chi connectivity index (χ0n) is 14.2. The summed E-state index contributed by atoms with van der Waals surface area (Å²) in [6.07, 6.45) is -0.590. The van der Waals surface area contributed by atoms with Crippen LogP contribution in [0.4, 0.5) is 5.69 Å². The molecule has 0 fully saturated rings. The lowest BCUT2D eigenvalue weighted by atomic mass is 10.2. The Morgan fingerprint density at radius 3 is 2.32 bits per heavy atom. The molecule has 25 heavy (non-hydrogen) atoms. The Balaban J connectivity index is 1.90. The Morgan fingerprint density at radius 1 is 1.08 bits per heavy atom. The maximum atomic E-state index is 12.5. The number of benzene rings is 2. The second-order valence-electron chi connectivity index (χ2n) is 5.51. The summed E-state index contributed by atoms with van der Waals surface area (Å²) in [7, 11) is 1.66. The molecule has 0 aromatic heterocycles. The number of ether oxygens (including phenoxy) is 2. The third-order valence-electron chi connectivity index (χ3n) is 3.61. The Labute approximate surface area is 146 Å². The number of carboxylic acid groups (broad SMARTS) is 1. The molecule has 0 aliphatic carbocycles. The van der Waals surface area contributed by atoms with Gasteiger partial charge in [0.2, 0.25) is 0 Å². The topological polar surface area (TPSA) is 76.1 Å². The Bertz CT molecular complexity index is 700. The summed E-state index contributed by atoms with van der Waals surface area (Å²) < 4.78 is 10.7. The lowest BCUT2D eigenvalue weighted by Gasteiger charge is -2.22. The molecule has 0 spiro atoms. The number of hydrogen-bond acceptors (Lipinski definition) is 4. The fourth-order valence-corrected chi connectivity index (χ4v) is 2.18. The molecule has 0 bridgehead atoms. The first kappa shape index (κ1) is 18.5. The van der Waals surface area contributed by atoms with E-state index in [2.05, 4.69) is 0 Å². The molecule has 1 atom stereocenters. The van der Waals surface area contributed by atoms with E-state index >= 15 is 0 Å². The number of aliphatic carboxylic acids is 1. The number of carboxylic acids is 1. The van der Waals surface area contributed by atoms with E-state index in [1.807, 2.05) is 30.3 Å². The molecular formula is C19H21NO5. The van der Waals surface area contributed by atoms with Crippen LogP contribution >= 0.6 is 0 Å². The predicted octanol–water partition coefficient (Wildman–Crippen LogP) is 2.72. The second kappa shape index (κ2) is 8.84. The van der Waals surface area contributed by atoms with E-state index in [1.165, 1.54) is 4.90 Å². The summed E-state index contributed by atoms with van der Waals surface area (Å²) >= 11 is 0. The van der Waals surface area contributed by atoms with E-state index in [4.69, 9.17) is 14.6 Å². The van der Waals surface area contributed by atoms with Gasteiger partial charge in [-0.05, 0) is 36.8 Å². The minimum absolute atomic E-state index is 0.171. The Kier molecular flexibility index (Phi) is 6.54. The van der Waals surface area contributed by atoms with Gasteiger partial charge in [0, 0.05) is 12.7 Å². The molecule has 1 unspecified atom stereocenters. The average molecular weight is 343 g/mol. The van der Waals surface area contributed by atoms with Gasteiger partial charge in [0.15, 0.2) is 6.61 Å². The van der Waals surface area contributed by atoms with Crippen molar-refractivity contribution in [1.82, 2.24) is 0 Å². The highest BCUT2D eigenvalue weighted by molar-refractivity contribution is 5.95. The number of hydrogen-bond donors (Lipinski definition) is 1. The number of anilines is 1. The van der Waals surface area contributed by atoms with Crippen LogP contribution in [0.2, 0.25) is 0 Å². The lowest BCUT2D eigenvalue weighted by molar-refractivity contribution is -0.139. The van der Waals surface area contributed by atoms with Crippen molar-refractivity contribution in [2.24, 2.45) is 0 Å². The molecule has 1 amide bonds. The van der Waals surface area contributed by atoms with Crippen molar-refractivity contribution in [3.8, 4) is 5.75 Å². The van der Waals surface area contributed by atoms with Gasteiger partial charge >= 0.3 is 5.97 Å². The summed E-state index contributed by atoms with van der Waals surface area (Å²) in [6.45, 7) is 1.67. The molecule has 6 heteroatoms. The van der Waals surface area contributed by atoms with Crippen molar-refractivity contribution < 1.29 is 24.2 Å². The summed E-state index contributed by atoms with van der Waals surface area (Å²) in [5.41, 5.74) is 1.67. The fourth-order valence-electron chi connectivity index (χ4n) is 2.18. The SMILES string of the molecule is CC(OCc1ccccc1)C(=O)N(C)c1ccc(OCC(=O)O)cc1. The monoisotopic (exact) mass is 343 g/mol. The summed E-state index contributed by atoms with van der Waals surface area (Å²) in [5, 5.41) is 8.59. The summed E-state index contributed by atoms with van der Waals surface area (Å²) in [6, 6.07) is 16.3. The minimum Gasteiger partial charge on any atom is -0.482 e. The minimum atomic E-state index is -1.04. The predicted molar refractivity (Wildman–Crippen MR) is 93.7 cm³/mol. The zero-order valence-corrected chi connectivity index (χ0v) is 14.2. The standard InChI is InChI=1S/C19H21NO5/c1-14(24-12-15-6-4-3-5-7-15)19(23)20(2)16-8-10-17(11-9-16)25-13-18(21)22/h3-11,14H,12-13H2,1-2H3,(H,21,22). The molecule has 0 radical (unpaired) electrons. The molecule has 2 aromatic carbocycles. The first-order chi connectivity index (χ1) is 12.0. The number of likely N-dealkylation sites (N-methyl/N-ethyl adjacent to an activating group) is 1. The van der Waals surface area contributed by atoms with E-state index < -0.39 is 18.7 Å². The number of nitrogens with zero attached hydrogens (tertiary/aromatic N) is 1. The second-order valence-corrected chi connectivity index (χ2v) is 5.51. The summed E-state index contributed by atoms with van der Waals surface area (Å²) in [4.78, 5) is 24.4. The molecule has 2 rings (SSSR count). The van der Waals surface area contributed by atoms with Crippen molar-refractivity contribution >= 4 is 17.6 Å². The van der Waals surface area contributed by atoms with Gasteiger partial charge in [-0.15, -0.1) is 0 Å². The molecule has 132 valence electrons. The van der Waals surface area contributed by atoms with Crippen molar-refractivity contribution in [3.05, 3.63) is 60.2 Å². The van der Waals surface area contributed by atoms with Crippen LogP contribution in [-0.2, 0) is 20.9 Å². The van der Waals surface area contributed by atoms with Crippen molar-refractivity contribution in [2.45, 2.75) is 19.6 Å². The van der Waals surface area contributed by atoms with Gasteiger partial charge in [0.25, 0.3) is 5.91 Å². The fraction of sp³-hybridized carbons (Fsp3) is 0.263. The lowest BCUT2D eigenvalue weighted by Crippen LogP contribution is -2.36. The molecule has 0 heterocycles. The van der Waals surface area contributed by atoms with Crippen molar-refractivity contribution in [1.29, 1.82) is 0 Å². The van der Waals surface area contributed by atoms with Crippen molar-refractivity contribution in [3.63, 3.8) is 0 Å². The summed E-state index contributed by atoms with van der Waals surface area (Å²) in [5.74, 6) is -0.781. The zero-order chi connectivity index (χ0) is 18.2. The van der Waals surface area contributed by atoms with E-state index in [1.54, 1.807) is 38.2 Å². The largest absolute Gasteiger partial charge is 0.482 e. The van der Waals surface area contributed by atoms with Gasteiger partial charge in [-0.25, -0.2) is 4.79 Å². The van der Waals surface area contributed by atoms with E-state index in [9.17, 15) is 9.59 Å². The van der Waals surface area contributed by atoms with Crippen LogP contribution in [0.15, 0.2) is 54.6 Å². The number of rotatable bonds is 8. The van der Waals surface area contributed by atoms with Gasteiger partial charge in [-0.1, -0.05) is 30.3 Å². The van der Waals surface area contributed by atoms with Gasteiger partial charge in [-0.3, -0.25) is 4.79 Å². The van der Waals surface area contributed by atoms with Crippen molar-refractivity contribution in [2.75, 3.05) is 18.6 Å². The Morgan fingerprint density at radius 2 is 1.72 bits per heavy atom. The van der Waals surface area contributed by atoms with Gasteiger partial charge in [-0.2, -0.15) is 0 Å². The third kappa shape index (κ3) is 5.61. The molecule has 2 aromatic rings. The van der Waals surface area contributed by atoms with Crippen LogP contribution < -0.4 is 9.64 Å². The highest BCUT2D eigenvalue weighted by atomic mass is 16.5. The average Bonchev–Trinajstić information content (AvgIpc) is 2.64. The molecule has 0 aliphatic heterocycles. The third-order valence-corrected chi connectivity index (χ3v) is 3.61. The first-order valence-electron chi connectivity index (χ1n) is 7.85. The van der Waals surface area contributed by atoms with E-state index in [-0.39, 0.29) is 5.91 Å². The maximum absolute atomic E-state index is 12.5. The van der Waals surface area contributed by atoms with Gasteiger partial charge in [0.1, 0.15) is 11.9 Å². The van der Waals surface area contributed by atoms with Gasteiger partial charge in [0.05, 0.1) is 6.61 Å². The highest BCUT2D eigenvalue weighted by Gasteiger charge is 2.19. The maximum Gasteiger partial charge on any atom is 0.341 e. The molecule has 1 N–H and O–H groups in total. The normalized spacial score (nSPS) is 11.6. The quantitative estimate of drug-likeness (QED) is 0.797. The Hall–Kier alpha value is -2.86. The van der Waals surface area contributed by atoms with Gasteiger partial charge < -0.3 is 19.5 Å². The number of carbonyl (C=O) groups is 2. The van der Waals surface area contributed by atoms with Crippen LogP contribution in [-0.4, -0.2) is 36.7 Å². The number of amides is 1. The highest BCUT2D eigenvalue weighted by Crippen LogP contribution is 2.19. The first-order valence-corrected chi connectivity index (χ1v) is 7.85. The van der Waals surface area contributed by atoms with E-state index in [0.29, 0.717) is 18.0 Å². The van der Waals surface area contributed by atoms with Crippen LogP contribution in [0.1, 0.15) is 12.5 Å². The smallest absolute Gasteiger partial charge is 0.341 e. The molecule has 0 aliphatic rings.